The maximum Gasteiger partial charge on any atom is 0.325 e. The Bertz CT molecular complexity index is 2230. The molecule has 0 saturated heterocycles. The molecular weight excluding hydrogens is 705 g/mol. The molecule has 6 rings (SSSR count). The Balaban J connectivity index is 0.890. The topological polar surface area (TPSA) is 144 Å². The molecule has 0 unspecified atom stereocenters. The van der Waals surface area contributed by atoms with Gasteiger partial charge in [0.05, 0.1) is 47.3 Å². The molecule has 1 amide bonds. The van der Waals surface area contributed by atoms with Crippen molar-refractivity contribution >= 4 is 41.6 Å². The highest BCUT2D eigenvalue weighted by Gasteiger charge is 2.10. The Kier molecular flexibility index (Phi) is 14.0. The number of rotatable bonds is 17. The average molecular weight is 745 g/mol. The Morgan fingerprint density at radius 2 is 1.04 bits per heavy atom. The van der Waals surface area contributed by atoms with Gasteiger partial charge in [-0.15, -0.1) is 0 Å². The number of aliphatic imine (C=N–C) groups is 2. The Morgan fingerprint density at radius 1 is 0.536 bits per heavy atom. The summed E-state index contributed by atoms with van der Waals surface area (Å²) in [6, 6.07) is 42.1. The fraction of sp³-hybridized carbons (Fsp3) is 0.133. The van der Waals surface area contributed by atoms with Gasteiger partial charge in [-0.2, -0.15) is 0 Å². The van der Waals surface area contributed by atoms with Crippen LogP contribution in [0.5, 0.6) is 0 Å². The van der Waals surface area contributed by atoms with E-state index in [4.69, 9.17) is 9.47 Å². The minimum absolute atomic E-state index is 0.117. The molecule has 11 nitrogen and oxygen atoms in total. The summed E-state index contributed by atoms with van der Waals surface area (Å²) in [6.45, 7) is 0.783. The Labute approximate surface area is 325 Å². The number of hydrogen-bond acceptors (Lipinski definition) is 10. The van der Waals surface area contributed by atoms with Crippen LogP contribution < -0.4 is 10.6 Å². The smallest absolute Gasteiger partial charge is 0.325 e. The molecule has 11 heteroatoms. The maximum atomic E-state index is 12.5. The summed E-state index contributed by atoms with van der Waals surface area (Å²) in [5, 5.41) is 5.65. The molecule has 0 bridgehead atoms. The molecule has 56 heavy (non-hydrogen) atoms. The predicted molar refractivity (Wildman–Crippen MR) is 215 cm³/mol. The van der Waals surface area contributed by atoms with E-state index in [-0.39, 0.29) is 32.3 Å². The molecule has 0 radical (unpaired) electrons. The third kappa shape index (κ3) is 12.8. The van der Waals surface area contributed by atoms with Gasteiger partial charge >= 0.3 is 11.9 Å². The second-order valence-electron chi connectivity index (χ2n) is 12.7. The third-order valence-corrected chi connectivity index (χ3v) is 8.35. The van der Waals surface area contributed by atoms with Gasteiger partial charge in [-0.3, -0.25) is 34.3 Å². The van der Waals surface area contributed by atoms with Gasteiger partial charge in [0.25, 0.3) is 5.91 Å². The quantitative estimate of drug-likeness (QED) is 0.0761. The standard InChI is InChI=1S/C45H40N6O5/c52-43(55-31-35-7-3-1-4-8-35)29-46-24-37-15-21-41(47-25-37)27-49-39-17-11-33(12-18-39)23-34-13-19-40(20-14-34)50-28-42-22-16-38(26-48-42)45(54)51-30-44(53)56-32-36-9-5-2-6-10-36/h1-22,25-28,46H,23-24,29-32H2,(H,51,54). The molecule has 2 aromatic heterocycles. The first-order valence-electron chi connectivity index (χ1n) is 18.0. The van der Waals surface area contributed by atoms with Gasteiger partial charge in [0.2, 0.25) is 0 Å². The van der Waals surface area contributed by atoms with Crippen molar-refractivity contribution in [1.82, 2.24) is 20.6 Å². The number of ether oxygens (including phenoxy) is 2. The molecule has 0 atom stereocenters. The predicted octanol–water partition coefficient (Wildman–Crippen LogP) is 6.87. The molecule has 280 valence electrons. The minimum Gasteiger partial charge on any atom is -0.460 e. The summed E-state index contributed by atoms with van der Waals surface area (Å²) < 4.78 is 10.5. The third-order valence-electron chi connectivity index (χ3n) is 8.35. The van der Waals surface area contributed by atoms with Crippen LogP contribution in [0.2, 0.25) is 0 Å². The maximum absolute atomic E-state index is 12.5. The van der Waals surface area contributed by atoms with Crippen molar-refractivity contribution in [2.24, 2.45) is 9.98 Å². The SMILES string of the molecule is O=C(CNCc1ccc(C=Nc2ccc(Cc3ccc(N=Cc4ccc(C(=O)NCC(=O)OCc5ccccc5)cn4)cc3)cc2)nc1)OCc1ccccc1. The molecule has 0 spiro atoms. The van der Waals surface area contributed by atoms with Gasteiger partial charge in [-0.05, 0) is 76.7 Å². The molecular formula is C45H40N6O5. The van der Waals surface area contributed by atoms with Gasteiger partial charge < -0.3 is 20.1 Å². The number of aromatic nitrogens is 2. The van der Waals surface area contributed by atoms with Gasteiger partial charge in [0, 0.05) is 18.9 Å². The monoisotopic (exact) mass is 744 g/mol. The van der Waals surface area contributed by atoms with Crippen molar-refractivity contribution in [2.45, 2.75) is 26.2 Å². The zero-order valence-corrected chi connectivity index (χ0v) is 30.6. The first-order valence-corrected chi connectivity index (χ1v) is 18.0. The summed E-state index contributed by atoms with van der Waals surface area (Å²) in [7, 11) is 0. The highest BCUT2D eigenvalue weighted by atomic mass is 16.5. The summed E-state index contributed by atoms with van der Waals surface area (Å²) in [4.78, 5) is 54.3. The second-order valence-corrected chi connectivity index (χ2v) is 12.7. The number of carbonyl (C=O) groups excluding carboxylic acids is 3. The molecule has 6 aromatic rings. The van der Waals surface area contributed by atoms with Gasteiger partial charge in [0.1, 0.15) is 19.8 Å². The first-order chi connectivity index (χ1) is 27.4. The number of pyridine rings is 2. The van der Waals surface area contributed by atoms with E-state index >= 15 is 0 Å². The van der Waals surface area contributed by atoms with Crippen molar-refractivity contribution in [1.29, 1.82) is 0 Å². The second kappa shape index (κ2) is 20.4. The van der Waals surface area contributed by atoms with Crippen LogP contribution in [0, 0.1) is 0 Å². The molecule has 0 aliphatic heterocycles. The van der Waals surface area contributed by atoms with E-state index in [1.165, 1.54) is 6.20 Å². The van der Waals surface area contributed by atoms with Gasteiger partial charge in [-0.25, -0.2) is 0 Å². The zero-order valence-electron chi connectivity index (χ0n) is 30.6. The van der Waals surface area contributed by atoms with Gasteiger partial charge in [0.15, 0.2) is 0 Å². The fourth-order valence-corrected chi connectivity index (χ4v) is 5.29. The van der Waals surface area contributed by atoms with E-state index < -0.39 is 11.9 Å². The normalized spacial score (nSPS) is 11.1. The van der Waals surface area contributed by atoms with Crippen molar-refractivity contribution in [3.05, 3.63) is 191 Å². The lowest BCUT2D eigenvalue weighted by molar-refractivity contribution is -0.144. The molecule has 0 fully saturated rings. The highest BCUT2D eigenvalue weighted by Crippen LogP contribution is 2.19. The summed E-state index contributed by atoms with van der Waals surface area (Å²) >= 11 is 0. The summed E-state index contributed by atoms with van der Waals surface area (Å²) in [6.07, 6.45) is 7.32. The van der Waals surface area contributed by atoms with E-state index in [9.17, 15) is 14.4 Å². The summed E-state index contributed by atoms with van der Waals surface area (Å²) in [5.41, 5.74) is 8.30. The Morgan fingerprint density at radius 3 is 1.54 bits per heavy atom. The van der Waals surface area contributed by atoms with E-state index in [1.54, 1.807) is 30.8 Å². The van der Waals surface area contributed by atoms with Crippen LogP contribution in [0.1, 0.15) is 49.6 Å². The van der Waals surface area contributed by atoms with Crippen LogP contribution >= 0.6 is 0 Å². The number of amides is 1. The van der Waals surface area contributed by atoms with Crippen LogP contribution in [-0.4, -0.2) is 53.3 Å². The minimum atomic E-state index is -0.523. The molecule has 0 saturated carbocycles. The van der Waals surface area contributed by atoms with Crippen molar-refractivity contribution in [3.8, 4) is 0 Å². The zero-order chi connectivity index (χ0) is 38.8. The van der Waals surface area contributed by atoms with Crippen LogP contribution in [0.25, 0.3) is 0 Å². The molecule has 0 aliphatic rings. The van der Waals surface area contributed by atoms with E-state index in [0.717, 1.165) is 51.3 Å². The number of carbonyl (C=O) groups is 3. The molecule has 4 aromatic carbocycles. The van der Waals surface area contributed by atoms with Crippen LogP contribution in [0.4, 0.5) is 11.4 Å². The van der Waals surface area contributed by atoms with E-state index in [1.807, 2.05) is 109 Å². The largest absolute Gasteiger partial charge is 0.460 e. The molecule has 0 aliphatic carbocycles. The molecule has 2 N–H and O–H groups in total. The first kappa shape index (κ1) is 38.6. The van der Waals surface area contributed by atoms with E-state index in [0.29, 0.717) is 17.8 Å². The highest BCUT2D eigenvalue weighted by molar-refractivity contribution is 5.96. The number of benzene rings is 4. The van der Waals surface area contributed by atoms with Crippen LogP contribution in [0.3, 0.4) is 0 Å². The molecule has 2 heterocycles. The number of nitrogens with zero attached hydrogens (tertiary/aromatic N) is 4. The lowest BCUT2D eigenvalue weighted by Gasteiger charge is -2.07. The van der Waals surface area contributed by atoms with E-state index in [2.05, 4.69) is 42.7 Å². The Hall–Kier alpha value is -7.11. The van der Waals surface area contributed by atoms with Gasteiger partial charge in [-0.1, -0.05) is 91.0 Å². The lowest BCUT2D eigenvalue weighted by atomic mass is 10.0. The van der Waals surface area contributed by atoms with Crippen LogP contribution in [-0.2, 0) is 45.2 Å². The number of esters is 2. The number of nitrogens with one attached hydrogen (secondary N) is 2. The van der Waals surface area contributed by atoms with Crippen LogP contribution in [0.15, 0.2) is 156 Å². The van der Waals surface area contributed by atoms with Crippen molar-refractivity contribution in [2.75, 3.05) is 13.1 Å². The average Bonchev–Trinajstić information content (AvgIpc) is 3.25. The fourth-order valence-electron chi connectivity index (χ4n) is 5.29. The lowest BCUT2D eigenvalue weighted by Crippen LogP contribution is -2.30. The van der Waals surface area contributed by atoms with Crippen molar-refractivity contribution < 1.29 is 23.9 Å². The van der Waals surface area contributed by atoms with Crippen molar-refractivity contribution in [3.63, 3.8) is 0 Å². The number of hydrogen-bond donors (Lipinski definition) is 2. The summed E-state index contributed by atoms with van der Waals surface area (Å²) in [5.74, 6) is -1.25.